The van der Waals surface area contributed by atoms with E-state index in [1.807, 2.05) is 4.90 Å². The SMILES string of the molecule is CC(C(=O)NC1=C(N2CCOCC2)C(=O)c2ncccc2C1=O)N1CCOCC1. The van der Waals surface area contributed by atoms with Gasteiger partial charge < -0.3 is 19.7 Å². The molecule has 1 aromatic heterocycles. The number of hydrogen-bond acceptors (Lipinski definition) is 8. The van der Waals surface area contributed by atoms with Crippen LogP contribution >= 0.6 is 0 Å². The lowest BCUT2D eigenvalue weighted by atomic mass is 9.93. The zero-order valence-corrected chi connectivity index (χ0v) is 16.3. The van der Waals surface area contributed by atoms with E-state index in [4.69, 9.17) is 9.47 Å². The molecule has 154 valence electrons. The average molecular weight is 400 g/mol. The van der Waals surface area contributed by atoms with Gasteiger partial charge in [-0.05, 0) is 19.1 Å². The number of hydrogen-bond donors (Lipinski definition) is 1. The van der Waals surface area contributed by atoms with E-state index in [0.29, 0.717) is 52.6 Å². The molecular weight excluding hydrogens is 376 g/mol. The van der Waals surface area contributed by atoms with Gasteiger partial charge in [0.05, 0.1) is 38.0 Å². The van der Waals surface area contributed by atoms with E-state index in [9.17, 15) is 14.4 Å². The fourth-order valence-electron chi connectivity index (χ4n) is 3.80. The maximum absolute atomic E-state index is 13.2. The molecule has 1 aliphatic carbocycles. The Morgan fingerprint density at radius 2 is 1.72 bits per heavy atom. The van der Waals surface area contributed by atoms with Gasteiger partial charge in [0.1, 0.15) is 17.1 Å². The number of amides is 1. The van der Waals surface area contributed by atoms with Gasteiger partial charge in [0, 0.05) is 32.4 Å². The van der Waals surface area contributed by atoms with Crippen molar-refractivity contribution in [3.05, 3.63) is 41.0 Å². The number of aromatic nitrogens is 1. The van der Waals surface area contributed by atoms with Crippen molar-refractivity contribution >= 4 is 17.5 Å². The Kier molecular flexibility index (Phi) is 5.70. The summed E-state index contributed by atoms with van der Waals surface area (Å²) in [4.78, 5) is 47.3. The van der Waals surface area contributed by atoms with Gasteiger partial charge in [0.2, 0.25) is 17.5 Å². The molecule has 2 aliphatic heterocycles. The van der Waals surface area contributed by atoms with Crippen molar-refractivity contribution < 1.29 is 23.9 Å². The first-order valence-electron chi connectivity index (χ1n) is 9.82. The van der Waals surface area contributed by atoms with Crippen LogP contribution in [0.2, 0.25) is 0 Å². The summed E-state index contributed by atoms with van der Waals surface area (Å²) in [7, 11) is 0. The van der Waals surface area contributed by atoms with Crippen molar-refractivity contribution in [2.45, 2.75) is 13.0 Å². The van der Waals surface area contributed by atoms with E-state index in [1.54, 1.807) is 24.0 Å². The molecule has 9 heteroatoms. The average Bonchev–Trinajstić information content (AvgIpc) is 2.78. The molecule has 1 N–H and O–H groups in total. The molecule has 9 nitrogen and oxygen atoms in total. The molecule has 1 atom stereocenters. The number of fused-ring (bicyclic) bond motifs is 1. The van der Waals surface area contributed by atoms with Crippen molar-refractivity contribution in [1.29, 1.82) is 0 Å². The lowest BCUT2D eigenvalue weighted by Gasteiger charge is -2.35. The second-order valence-corrected chi connectivity index (χ2v) is 7.19. The zero-order valence-electron chi connectivity index (χ0n) is 16.3. The van der Waals surface area contributed by atoms with Crippen LogP contribution in [-0.2, 0) is 14.3 Å². The number of rotatable bonds is 4. The lowest BCUT2D eigenvalue weighted by molar-refractivity contribution is -0.126. The molecule has 1 amide bonds. The van der Waals surface area contributed by atoms with Crippen LogP contribution in [0.3, 0.4) is 0 Å². The number of pyridine rings is 1. The normalized spacial score (nSPS) is 21.8. The van der Waals surface area contributed by atoms with Gasteiger partial charge in [-0.3, -0.25) is 24.3 Å². The van der Waals surface area contributed by atoms with Crippen LogP contribution in [0.5, 0.6) is 0 Å². The molecule has 3 aliphatic rings. The predicted molar refractivity (Wildman–Crippen MR) is 102 cm³/mol. The second-order valence-electron chi connectivity index (χ2n) is 7.19. The third-order valence-electron chi connectivity index (χ3n) is 5.49. The van der Waals surface area contributed by atoms with Gasteiger partial charge in [-0.25, -0.2) is 0 Å². The van der Waals surface area contributed by atoms with Crippen LogP contribution in [0.25, 0.3) is 0 Å². The molecule has 0 spiro atoms. The number of allylic oxidation sites excluding steroid dienone is 2. The largest absolute Gasteiger partial charge is 0.379 e. The van der Waals surface area contributed by atoms with Gasteiger partial charge in [-0.15, -0.1) is 0 Å². The van der Waals surface area contributed by atoms with E-state index in [0.717, 1.165) is 0 Å². The van der Waals surface area contributed by atoms with E-state index >= 15 is 0 Å². The van der Waals surface area contributed by atoms with Gasteiger partial charge >= 0.3 is 0 Å². The first kappa shape index (κ1) is 19.7. The summed E-state index contributed by atoms with van der Waals surface area (Å²) in [5.41, 5.74) is 0.566. The molecule has 0 bridgehead atoms. The summed E-state index contributed by atoms with van der Waals surface area (Å²) < 4.78 is 10.7. The number of carbonyl (C=O) groups is 3. The van der Waals surface area contributed by atoms with Crippen molar-refractivity contribution in [3.8, 4) is 0 Å². The Morgan fingerprint density at radius 3 is 2.41 bits per heavy atom. The minimum Gasteiger partial charge on any atom is -0.379 e. The van der Waals surface area contributed by atoms with E-state index < -0.39 is 11.8 Å². The molecule has 2 fully saturated rings. The van der Waals surface area contributed by atoms with Crippen LogP contribution in [0.15, 0.2) is 29.7 Å². The highest BCUT2D eigenvalue weighted by Gasteiger charge is 2.38. The summed E-state index contributed by atoms with van der Waals surface area (Å²) >= 11 is 0. The summed E-state index contributed by atoms with van der Waals surface area (Å²) in [6, 6.07) is 2.73. The molecule has 1 aromatic rings. The summed E-state index contributed by atoms with van der Waals surface area (Å²) in [5.74, 6) is -1.06. The Labute approximate surface area is 168 Å². The highest BCUT2D eigenvalue weighted by molar-refractivity contribution is 6.26. The number of ketones is 2. The fourth-order valence-corrected chi connectivity index (χ4v) is 3.80. The topological polar surface area (TPSA) is 101 Å². The third kappa shape index (κ3) is 3.81. The molecule has 1 unspecified atom stereocenters. The van der Waals surface area contributed by atoms with Crippen LogP contribution in [0.1, 0.15) is 27.8 Å². The quantitative estimate of drug-likeness (QED) is 0.744. The van der Waals surface area contributed by atoms with Crippen molar-refractivity contribution in [2.75, 3.05) is 52.6 Å². The minimum absolute atomic E-state index is 0.0301. The Bertz CT molecular complexity index is 856. The second kappa shape index (κ2) is 8.40. The van der Waals surface area contributed by atoms with Gasteiger partial charge in [0.25, 0.3) is 0 Å². The number of ether oxygens (including phenoxy) is 2. The van der Waals surface area contributed by atoms with E-state index in [2.05, 4.69) is 10.3 Å². The summed E-state index contributed by atoms with van der Waals surface area (Å²) in [5, 5.41) is 2.76. The molecule has 0 saturated carbocycles. The van der Waals surface area contributed by atoms with Crippen LogP contribution in [-0.4, -0.2) is 90.9 Å². The van der Waals surface area contributed by atoms with Crippen molar-refractivity contribution in [2.24, 2.45) is 0 Å². The van der Waals surface area contributed by atoms with Crippen LogP contribution in [0, 0.1) is 0 Å². The highest BCUT2D eigenvalue weighted by atomic mass is 16.5. The van der Waals surface area contributed by atoms with E-state index in [-0.39, 0.29) is 34.3 Å². The summed E-state index contributed by atoms with van der Waals surface area (Å²) in [6.07, 6.45) is 1.49. The molecule has 0 radical (unpaired) electrons. The fraction of sp³-hybridized carbons (Fsp3) is 0.500. The molecule has 3 heterocycles. The molecule has 29 heavy (non-hydrogen) atoms. The standard InChI is InChI=1S/C20H24N4O5/c1-13(23-5-9-28-10-6-23)20(27)22-16-17(24-7-11-29-12-8-24)19(26)15-14(18(16)25)3-2-4-21-15/h2-4,13H,5-12H2,1H3,(H,22,27). The maximum Gasteiger partial charge on any atom is 0.241 e. The first-order valence-corrected chi connectivity index (χ1v) is 9.82. The molecule has 2 saturated heterocycles. The van der Waals surface area contributed by atoms with Crippen molar-refractivity contribution in [3.63, 3.8) is 0 Å². The number of Topliss-reactive ketones (excluding diaryl/α,β-unsaturated/α-hetero) is 2. The molecular formula is C20H24N4O5. The Balaban J connectivity index is 1.66. The maximum atomic E-state index is 13.2. The first-order chi connectivity index (χ1) is 14.1. The number of morpholine rings is 2. The molecule has 0 aromatic carbocycles. The number of nitrogens with one attached hydrogen (secondary N) is 1. The lowest BCUT2D eigenvalue weighted by Crippen LogP contribution is -2.51. The smallest absolute Gasteiger partial charge is 0.241 e. The highest BCUT2D eigenvalue weighted by Crippen LogP contribution is 2.26. The number of nitrogens with zero attached hydrogens (tertiary/aromatic N) is 3. The van der Waals surface area contributed by atoms with Gasteiger partial charge in [-0.1, -0.05) is 0 Å². The third-order valence-corrected chi connectivity index (χ3v) is 5.49. The monoisotopic (exact) mass is 400 g/mol. The van der Waals surface area contributed by atoms with Crippen LogP contribution < -0.4 is 5.32 Å². The van der Waals surface area contributed by atoms with Crippen molar-refractivity contribution in [1.82, 2.24) is 20.1 Å². The molecule has 4 rings (SSSR count). The zero-order chi connectivity index (χ0) is 20.4. The summed E-state index contributed by atoms with van der Waals surface area (Å²) in [6.45, 7) is 6.04. The Morgan fingerprint density at radius 1 is 1.07 bits per heavy atom. The number of carbonyl (C=O) groups excluding carboxylic acids is 3. The predicted octanol–water partition coefficient (Wildman–Crippen LogP) is -0.159. The minimum atomic E-state index is -0.449. The van der Waals surface area contributed by atoms with E-state index in [1.165, 1.54) is 6.20 Å². The van der Waals surface area contributed by atoms with Gasteiger partial charge in [0.15, 0.2) is 0 Å². The Hall–Kier alpha value is -2.62. The van der Waals surface area contributed by atoms with Crippen LogP contribution in [0.4, 0.5) is 0 Å². The van der Waals surface area contributed by atoms with Gasteiger partial charge in [-0.2, -0.15) is 0 Å².